The van der Waals surface area contributed by atoms with Gasteiger partial charge in [-0.15, -0.1) is 23.1 Å². The Morgan fingerprint density at radius 1 is 1.04 bits per heavy atom. The van der Waals surface area contributed by atoms with Crippen molar-refractivity contribution in [3.05, 3.63) is 75.9 Å². The monoisotopic (exact) mass is 430 g/mol. The van der Waals surface area contributed by atoms with Gasteiger partial charge in [0.2, 0.25) is 5.91 Å². The predicted molar refractivity (Wildman–Crippen MR) is 119 cm³/mol. The lowest BCUT2D eigenvalue weighted by molar-refractivity contribution is -0.115. The van der Waals surface area contributed by atoms with Crippen LogP contribution in [0.5, 0.6) is 0 Å². The average molecular weight is 431 g/mol. The number of thioether (sulfide) groups is 1. The average Bonchev–Trinajstić information content (AvgIpc) is 3.23. The van der Waals surface area contributed by atoms with Crippen LogP contribution in [0.1, 0.15) is 23.0 Å². The van der Waals surface area contributed by atoms with Crippen molar-refractivity contribution < 1.29 is 9.59 Å². The standard InChI is InChI=1S/C21H19ClN2O2S2/c1-2-18(20(25)23-15-10-8-14(22)9-11-15)28-17-6-3-5-16(13-17)24-21(26)19-7-4-12-27-19/h3-13,18H,2H2,1H3,(H,23,25)(H,24,26). The van der Waals surface area contributed by atoms with Gasteiger partial charge in [-0.25, -0.2) is 0 Å². The van der Waals surface area contributed by atoms with Crippen LogP contribution in [0.3, 0.4) is 0 Å². The van der Waals surface area contributed by atoms with Crippen molar-refractivity contribution in [2.75, 3.05) is 10.6 Å². The minimum absolute atomic E-state index is 0.0668. The molecule has 0 saturated heterocycles. The molecule has 0 spiro atoms. The van der Waals surface area contributed by atoms with Crippen molar-refractivity contribution in [2.45, 2.75) is 23.5 Å². The molecule has 0 saturated carbocycles. The predicted octanol–water partition coefficient (Wildman–Crippen LogP) is 6.16. The molecule has 7 heteroatoms. The zero-order valence-corrected chi connectivity index (χ0v) is 17.5. The van der Waals surface area contributed by atoms with Crippen molar-refractivity contribution in [3.8, 4) is 0 Å². The van der Waals surface area contributed by atoms with Crippen molar-refractivity contribution in [3.63, 3.8) is 0 Å². The Kier molecular flexibility index (Phi) is 7.14. The van der Waals surface area contributed by atoms with E-state index in [4.69, 9.17) is 11.6 Å². The van der Waals surface area contributed by atoms with Crippen LogP contribution in [-0.4, -0.2) is 17.1 Å². The number of hydrogen-bond donors (Lipinski definition) is 2. The summed E-state index contributed by atoms with van der Waals surface area (Å²) in [6, 6.07) is 18.2. The molecule has 2 N–H and O–H groups in total. The van der Waals surface area contributed by atoms with Crippen LogP contribution in [0.25, 0.3) is 0 Å². The van der Waals surface area contributed by atoms with Gasteiger partial charge in [0, 0.05) is 21.3 Å². The van der Waals surface area contributed by atoms with E-state index in [1.165, 1.54) is 23.1 Å². The summed E-state index contributed by atoms with van der Waals surface area (Å²) < 4.78 is 0. The molecular weight excluding hydrogens is 412 g/mol. The van der Waals surface area contributed by atoms with E-state index in [0.717, 1.165) is 4.90 Å². The molecule has 1 atom stereocenters. The number of carbonyl (C=O) groups is 2. The van der Waals surface area contributed by atoms with Gasteiger partial charge in [-0.3, -0.25) is 9.59 Å². The quantitative estimate of drug-likeness (QED) is 0.441. The van der Waals surface area contributed by atoms with E-state index in [9.17, 15) is 9.59 Å². The summed E-state index contributed by atoms with van der Waals surface area (Å²) >= 11 is 8.75. The van der Waals surface area contributed by atoms with Gasteiger partial charge in [0.1, 0.15) is 0 Å². The van der Waals surface area contributed by atoms with E-state index >= 15 is 0 Å². The van der Waals surface area contributed by atoms with Gasteiger partial charge in [0.05, 0.1) is 10.1 Å². The topological polar surface area (TPSA) is 58.2 Å². The zero-order chi connectivity index (χ0) is 19.9. The summed E-state index contributed by atoms with van der Waals surface area (Å²) in [7, 11) is 0. The minimum Gasteiger partial charge on any atom is -0.325 e. The maximum absolute atomic E-state index is 12.6. The minimum atomic E-state index is -0.251. The number of rotatable bonds is 7. The molecule has 0 aliphatic heterocycles. The first kappa shape index (κ1) is 20.5. The molecule has 0 radical (unpaired) electrons. The molecule has 1 aromatic heterocycles. The molecule has 144 valence electrons. The first-order valence-electron chi connectivity index (χ1n) is 8.73. The summed E-state index contributed by atoms with van der Waals surface area (Å²) in [5, 5.41) is 8.06. The number of carbonyl (C=O) groups excluding carboxylic acids is 2. The van der Waals surface area contributed by atoms with Crippen LogP contribution in [0, 0.1) is 0 Å². The lowest BCUT2D eigenvalue weighted by Crippen LogP contribution is -2.24. The molecule has 2 amide bonds. The first-order valence-corrected chi connectivity index (χ1v) is 10.9. The summed E-state index contributed by atoms with van der Waals surface area (Å²) in [6.45, 7) is 1.97. The van der Waals surface area contributed by atoms with Gasteiger partial charge >= 0.3 is 0 Å². The maximum Gasteiger partial charge on any atom is 0.265 e. The van der Waals surface area contributed by atoms with Crippen LogP contribution in [0.2, 0.25) is 5.02 Å². The number of anilines is 2. The molecule has 4 nitrogen and oxygen atoms in total. The number of thiophene rings is 1. The van der Waals surface area contributed by atoms with Crippen LogP contribution >= 0.6 is 34.7 Å². The SMILES string of the molecule is CCC(Sc1cccc(NC(=O)c2cccs2)c1)C(=O)Nc1ccc(Cl)cc1. The van der Waals surface area contributed by atoms with Gasteiger partial charge in [0.15, 0.2) is 0 Å². The van der Waals surface area contributed by atoms with Crippen LogP contribution in [0.15, 0.2) is 70.9 Å². The van der Waals surface area contributed by atoms with Crippen LogP contribution in [0.4, 0.5) is 11.4 Å². The molecule has 0 aliphatic rings. The van der Waals surface area contributed by atoms with Crippen molar-refractivity contribution in [1.29, 1.82) is 0 Å². The second kappa shape index (κ2) is 9.78. The molecule has 1 unspecified atom stereocenters. The smallest absolute Gasteiger partial charge is 0.265 e. The lowest BCUT2D eigenvalue weighted by Gasteiger charge is -2.15. The number of nitrogens with one attached hydrogen (secondary N) is 2. The van der Waals surface area contributed by atoms with E-state index in [1.807, 2.05) is 42.6 Å². The molecule has 3 rings (SSSR count). The highest BCUT2D eigenvalue weighted by atomic mass is 35.5. The van der Waals surface area contributed by atoms with E-state index in [1.54, 1.807) is 30.3 Å². The Labute approximate surface area is 177 Å². The zero-order valence-electron chi connectivity index (χ0n) is 15.1. The maximum atomic E-state index is 12.6. The van der Waals surface area contributed by atoms with E-state index in [2.05, 4.69) is 10.6 Å². The Hall–Kier alpha value is -2.28. The van der Waals surface area contributed by atoms with Gasteiger partial charge < -0.3 is 10.6 Å². The fourth-order valence-corrected chi connectivity index (χ4v) is 4.25. The second-order valence-corrected chi connectivity index (χ2v) is 8.63. The van der Waals surface area contributed by atoms with Crippen molar-refractivity contribution in [2.24, 2.45) is 0 Å². The van der Waals surface area contributed by atoms with E-state index in [-0.39, 0.29) is 17.1 Å². The third-order valence-corrected chi connectivity index (χ3v) is 6.37. The van der Waals surface area contributed by atoms with E-state index < -0.39 is 0 Å². The first-order chi connectivity index (χ1) is 13.5. The summed E-state index contributed by atoms with van der Waals surface area (Å²) in [5.41, 5.74) is 1.42. The summed E-state index contributed by atoms with van der Waals surface area (Å²) in [6.07, 6.45) is 0.676. The van der Waals surface area contributed by atoms with Crippen molar-refractivity contribution >= 4 is 57.9 Å². The fourth-order valence-electron chi connectivity index (χ4n) is 2.49. The second-order valence-electron chi connectivity index (χ2n) is 5.97. The van der Waals surface area contributed by atoms with Gasteiger partial charge in [0.25, 0.3) is 5.91 Å². The lowest BCUT2D eigenvalue weighted by atomic mass is 10.2. The van der Waals surface area contributed by atoms with Gasteiger partial charge in [-0.2, -0.15) is 0 Å². The third-order valence-electron chi connectivity index (χ3n) is 3.89. The number of hydrogen-bond acceptors (Lipinski definition) is 4. The highest BCUT2D eigenvalue weighted by Gasteiger charge is 2.18. The summed E-state index contributed by atoms with van der Waals surface area (Å²) in [4.78, 5) is 26.4. The summed E-state index contributed by atoms with van der Waals surface area (Å²) in [5.74, 6) is -0.201. The molecule has 2 aromatic carbocycles. The Morgan fingerprint density at radius 3 is 2.50 bits per heavy atom. The number of benzene rings is 2. The van der Waals surface area contributed by atoms with Crippen molar-refractivity contribution in [1.82, 2.24) is 0 Å². The normalized spacial score (nSPS) is 11.6. The van der Waals surface area contributed by atoms with E-state index in [0.29, 0.717) is 27.7 Å². The number of halogens is 1. The third kappa shape index (κ3) is 5.61. The molecule has 0 aliphatic carbocycles. The molecule has 3 aromatic rings. The molecular formula is C21H19ClN2O2S2. The Bertz CT molecular complexity index is 943. The number of amides is 2. The highest BCUT2D eigenvalue weighted by Crippen LogP contribution is 2.29. The molecule has 0 fully saturated rings. The van der Waals surface area contributed by atoms with Crippen LogP contribution < -0.4 is 10.6 Å². The van der Waals surface area contributed by atoms with Gasteiger partial charge in [-0.1, -0.05) is 30.7 Å². The van der Waals surface area contributed by atoms with Crippen LogP contribution in [-0.2, 0) is 4.79 Å². The molecule has 0 bridgehead atoms. The molecule has 1 heterocycles. The van der Waals surface area contributed by atoms with Gasteiger partial charge in [-0.05, 0) is 60.3 Å². The fraction of sp³-hybridized carbons (Fsp3) is 0.143. The Balaban J connectivity index is 1.64. The Morgan fingerprint density at radius 2 is 1.82 bits per heavy atom. The largest absolute Gasteiger partial charge is 0.325 e. The highest BCUT2D eigenvalue weighted by molar-refractivity contribution is 8.00. The molecule has 28 heavy (non-hydrogen) atoms.